The molecule has 0 amide bonds. The predicted molar refractivity (Wildman–Crippen MR) is 72.8 cm³/mol. The Morgan fingerprint density at radius 2 is 2.06 bits per heavy atom. The molecular formula is C15H21NO2. The van der Waals surface area contributed by atoms with Crippen molar-refractivity contribution in [1.82, 2.24) is 0 Å². The van der Waals surface area contributed by atoms with Gasteiger partial charge >= 0.3 is 5.97 Å². The van der Waals surface area contributed by atoms with E-state index in [0.29, 0.717) is 18.2 Å². The fraction of sp³-hybridized carbons (Fsp3) is 0.533. The van der Waals surface area contributed by atoms with Gasteiger partial charge in [0.15, 0.2) is 0 Å². The number of hydrogen-bond donors (Lipinski definition) is 1. The molecule has 98 valence electrons. The molecule has 0 radical (unpaired) electrons. The lowest BCUT2D eigenvalue weighted by molar-refractivity contribution is 0.0526. The Morgan fingerprint density at radius 1 is 1.33 bits per heavy atom. The van der Waals surface area contributed by atoms with E-state index in [-0.39, 0.29) is 5.97 Å². The van der Waals surface area contributed by atoms with Crippen molar-refractivity contribution in [3.63, 3.8) is 0 Å². The Bertz CT molecular complexity index is 399. The Hall–Kier alpha value is -1.51. The van der Waals surface area contributed by atoms with Crippen molar-refractivity contribution in [3.05, 3.63) is 29.8 Å². The van der Waals surface area contributed by atoms with Crippen LogP contribution in [0.15, 0.2) is 24.3 Å². The molecule has 2 unspecified atom stereocenters. The minimum absolute atomic E-state index is 0.251. The molecule has 3 nitrogen and oxygen atoms in total. The fourth-order valence-electron chi connectivity index (χ4n) is 2.49. The highest BCUT2D eigenvalue weighted by Gasteiger charge is 2.20. The zero-order valence-corrected chi connectivity index (χ0v) is 11.1. The minimum Gasteiger partial charge on any atom is -0.462 e. The summed E-state index contributed by atoms with van der Waals surface area (Å²) in [5, 5.41) is 3.52. The maximum absolute atomic E-state index is 11.5. The summed E-state index contributed by atoms with van der Waals surface area (Å²) in [7, 11) is 0. The number of esters is 1. The van der Waals surface area contributed by atoms with Crippen molar-refractivity contribution >= 4 is 11.7 Å². The standard InChI is InChI=1S/C15H21NO2/c1-3-18-15(17)12-5-8-13(9-6-12)16-14-7-4-11(2)10-14/h5-6,8-9,11,14,16H,3-4,7,10H2,1-2H3. The zero-order valence-electron chi connectivity index (χ0n) is 11.1. The summed E-state index contributed by atoms with van der Waals surface area (Å²) < 4.78 is 4.96. The summed E-state index contributed by atoms with van der Waals surface area (Å²) in [6.07, 6.45) is 3.78. The SMILES string of the molecule is CCOC(=O)c1ccc(NC2CCC(C)C2)cc1. The molecule has 18 heavy (non-hydrogen) atoms. The van der Waals surface area contributed by atoms with Crippen LogP contribution in [0.4, 0.5) is 5.69 Å². The van der Waals surface area contributed by atoms with Crippen LogP contribution in [0.1, 0.15) is 43.5 Å². The van der Waals surface area contributed by atoms with Crippen molar-refractivity contribution in [2.45, 2.75) is 39.2 Å². The van der Waals surface area contributed by atoms with Crippen LogP contribution in [0.2, 0.25) is 0 Å². The molecule has 1 aliphatic carbocycles. The number of nitrogens with one attached hydrogen (secondary N) is 1. The van der Waals surface area contributed by atoms with Crippen molar-refractivity contribution in [3.8, 4) is 0 Å². The molecule has 1 aromatic rings. The summed E-state index contributed by atoms with van der Waals surface area (Å²) in [4.78, 5) is 11.5. The highest BCUT2D eigenvalue weighted by molar-refractivity contribution is 5.89. The molecule has 1 N–H and O–H groups in total. The van der Waals surface area contributed by atoms with Crippen LogP contribution >= 0.6 is 0 Å². The van der Waals surface area contributed by atoms with Crippen molar-refractivity contribution < 1.29 is 9.53 Å². The molecule has 0 spiro atoms. The van der Waals surface area contributed by atoms with Gasteiger partial charge in [0.05, 0.1) is 12.2 Å². The summed E-state index contributed by atoms with van der Waals surface area (Å²) in [5.74, 6) is 0.569. The highest BCUT2D eigenvalue weighted by atomic mass is 16.5. The van der Waals surface area contributed by atoms with Crippen LogP contribution in [-0.2, 0) is 4.74 Å². The smallest absolute Gasteiger partial charge is 0.338 e. The summed E-state index contributed by atoms with van der Waals surface area (Å²) in [6.45, 7) is 4.53. The van der Waals surface area contributed by atoms with Gasteiger partial charge in [-0.25, -0.2) is 4.79 Å². The summed E-state index contributed by atoms with van der Waals surface area (Å²) >= 11 is 0. The first kappa shape index (κ1) is 12.9. The first-order chi connectivity index (χ1) is 8.69. The number of rotatable bonds is 4. The van der Waals surface area contributed by atoms with Crippen LogP contribution in [-0.4, -0.2) is 18.6 Å². The number of hydrogen-bond acceptors (Lipinski definition) is 3. The normalized spacial score (nSPS) is 22.8. The average Bonchev–Trinajstić information content (AvgIpc) is 2.76. The lowest BCUT2D eigenvalue weighted by atomic mass is 10.1. The van der Waals surface area contributed by atoms with Gasteiger partial charge in [-0.05, 0) is 56.4 Å². The van der Waals surface area contributed by atoms with E-state index in [1.807, 2.05) is 31.2 Å². The van der Waals surface area contributed by atoms with Gasteiger partial charge in [0.2, 0.25) is 0 Å². The predicted octanol–water partition coefficient (Wildman–Crippen LogP) is 3.46. The Balaban J connectivity index is 1.93. The lowest BCUT2D eigenvalue weighted by Gasteiger charge is -2.14. The van der Waals surface area contributed by atoms with Gasteiger partial charge in [-0.2, -0.15) is 0 Å². The number of benzene rings is 1. The van der Waals surface area contributed by atoms with Gasteiger partial charge in [0.25, 0.3) is 0 Å². The summed E-state index contributed by atoms with van der Waals surface area (Å²) in [5.41, 5.74) is 1.70. The second kappa shape index (κ2) is 5.89. The second-order valence-electron chi connectivity index (χ2n) is 5.06. The molecule has 0 aliphatic heterocycles. The number of carbonyl (C=O) groups excluding carboxylic acids is 1. The second-order valence-corrected chi connectivity index (χ2v) is 5.06. The minimum atomic E-state index is -0.251. The first-order valence-corrected chi connectivity index (χ1v) is 6.72. The maximum atomic E-state index is 11.5. The number of carbonyl (C=O) groups is 1. The van der Waals surface area contributed by atoms with Gasteiger partial charge in [-0.15, -0.1) is 0 Å². The van der Waals surface area contributed by atoms with E-state index in [1.54, 1.807) is 0 Å². The van der Waals surface area contributed by atoms with Crippen LogP contribution in [0.5, 0.6) is 0 Å². The van der Waals surface area contributed by atoms with Crippen molar-refractivity contribution in [2.75, 3.05) is 11.9 Å². The zero-order chi connectivity index (χ0) is 13.0. The average molecular weight is 247 g/mol. The monoisotopic (exact) mass is 247 g/mol. The number of anilines is 1. The van der Waals surface area contributed by atoms with Crippen LogP contribution in [0, 0.1) is 5.92 Å². The summed E-state index contributed by atoms with van der Waals surface area (Å²) in [6, 6.07) is 8.12. The van der Waals surface area contributed by atoms with E-state index < -0.39 is 0 Å². The third-order valence-corrected chi connectivity index (χ3v) is 3.46. The molecule has 1 fully saturated rings. The third kappa shape index (κ3) is 3.25. The molecule has 0 heterocycles. The van der Waals surface area contributed by atoms with Crippen LogP contribution in [0.25, 0.3) is 0 Å². The van der Waals surface area contributed by atoms with E-state index in [2.05, 4.69) is 12.2 Å². The Kier molecular flexibility index (Phi) is 4.24. The molecule has 2 rings (SSSR count). The largest absolute Gasteiger partial charge is 0.462 e. The topological polar surface area (TPSA) is 38.3 Å². The van der Waals surface area contributed by atoms with Gasteiger partial charge in [0.1, 0.15) is 0 Å². The Labute approximate surface area is 109 Å². The molecule has 1 saturated carbocycles. The van der Waals surface area contributed by atoms with Gasteiger partial charge in [0, 0.05) is 11.7 Å². The quantitative estimate of drug-likeness (QED) is 0.828. The first-order valence-electron chi connectivity index (χ1n) is 6.72. The van der Waals surface area contributed by atoms with Gasteiger partial charge in [-0.3, -0.25) is 0 Å². The van der Waals surface area contributed by atoms with Gasteiger partial charge in [-0.1, -0.05) is 6.92 Å². The van der Waals surface area contributed by atoms with Crippen molar-refractivity contribution in [1.29, 1.82) is 0 Å². The van der Waals surface area contributed by atoms with E-state index in [4.69, 9.17) is 4.74 Å². The number of ether oxygens (including phenoxy) is 1. The lowest BCUT2D eigenvalue weighted by Crippen LogP contribution is -2.15. The molecule has 0 saturated heterocycles. The molecule has 2 atom stereocenters. The molecule has 1 aliphatic rings. The Morgan fingerprint density at radius 3 is 2.61 bits per heavy atom. The van der Waals surface area contributed by atoms with Crippen molar-refractivity contribution in [2.24, 2.45) is 5.92 Å². The van der Waals surface area contributed by atoms with E-state index >= 15 is 0 Å². The molecule has 1 aromatic carbocycles. The fourth-order valence-corrected chi connectivity index (χ4v) is 2.49. The third-order valence-electron chi connectivity index (χ3n) is 3.46. The molecular weight excluding hydrogens is 226 g/mol. The maximum Gasteiger partial charge on any atom is 0.338 e. The molecule has 0 bridgehead atoms. The van der Waals surface area contributed by atoms with E-state index in [1.165, 1.54) is 19.3 Å². The van der Waals surface area contributed by atoms with Crippen LogP contribution < -0.4 is 5.32 Å². The van der Waals surface area contributed by atoms with E-state index in [9.17, 15) is 4.79 Å². The molecule has 0 aromatic heterocycles. The van der Waals surface area contributed by atoms with Gasteiger partial charge < -0.3 is 10.1 Å². The molecule has 3 heteroatoms. The van der Waals surface area contributed by atoms with E-state index in [0.717, 1.165) is 11.6 Å². The van der Waals surface area contributed by atoms with Crippen LogP contribution in [0.3, 0.4) is 0 Å². The highest BCUT2D eigenvalue weighted by Crippen LogP contribution is 2.27.